The van der Waals surface area contributed by atoms with Crippen molar-refractivity contribution < 1.29 is 13.2 Å². The summed E-state index contributed by atoms with van der Waals surface area (Å²) in [6.07, 6.45) is 2.44. The zero-order valence-electron chi connectivity index (χ0n) is 20.0. The number of hydrogen-bond donors (Lipinski definition) is 1. The van der Waals surface area contributed by atoms with E-state index >= 15 is 0 Å². The predicted molar refractivity (Wildman–Crippen MR) is 146 cm³/mol. The summed E-state index contributed by atoms with van der Waals surface area (Å²) >= 11 is 12.3. The molecule has 0 spiro atoms. The number of sulfonamides is 1. The monoisotopic (exact) mass is 554 g/mol. The third kappa shape index (κ3) is 5.32. The van der Waals surface area contributed by atoms with Crippen LogP contribution in [0.1, 0.15) is 24.0 Å². The summed E-state index contributed by atoms with van der Waals surface area (Å²) in [6.45, 7) is 1.12. The highest BCUT2D eigenvalue weighted by Crippen LogP contribution is 2.38. The van der Waals surface area contributed by atoms with Gasteiger partial charge in [-0.15, -0.1) is 0 Å². The van der Waals surface area contributed by atoms with Gasteiger partial charge in [-0.05, 0) is 53.8 Å². The van der Waals surface area contributed by atoms with Gasteiger partial charge >= 0.3 is 0 Å². The lowest BCUT2D eigenvalue weighted by Crippen LogP contribution is -2.47. The molecule has 3 aromatic carbocycles. The molecule has 1 aliphatic heterocycles. The Balaban J connectivity index is 1.43. The molecule has 7 nitrogen and oxygen atoms in total. The smallest absolute Gasteiger partial charge is 0.294 e. The van der Waals surface area contributed by atoms with E-state index in [4.69, 9.17) is 27.9 Å². The van der Waals surface area contributed by atoms with Gasteiger partial charge < -0.3 is 9.72 Å². The fraction of sp³-hybridized carbons (Fsp3) is 0.259. The Kier molecular flexibility index (Phi) is 6.90. The fourth-order valence-corrected chi connectivity index (χ4v) is 5.97. The molecule has 0 atom stereocenters. The van der Waals surface area contributed by atoms with Gasteiger partial charge in [-0.3, -0.25) is 0 Å². The highest BCUT2D eigenvalue weighted by Gasteiger charge is 2.39. The van der Waals surface area contributed by atoms with Crippen molar-refractivity contribution in [3.8, 4) is 23.2 Å². The Labute approximate surface area is 225 Å². The Morgan fingerprint density at radius 2 is 1.76 bits per heavy atom. The van der Waals surface area contributed by atoms with Gasteiger partial charge in [0, 0.05) is 18.5 Å². The van der Waals surface area contributed by atoms with Crippen molar-refractivity contribution in [2.45, 2.75) is 18.3 Å². The van der Waals surface area contributed by atoms with Crippen LogP contribution in [0.5, 0.6) is 6.01 Å². The van der Waals surface area contributed by atoms with Crippen molar-refractivity contribution in [1.82, 2.24) is 14.3 Å². The van der Waals surface area contributed by atoms with Gasteiger partial charge in [0.2, 0.25) is 10.0 Å². The van der Waals surface area contributed by atoms with Crippen LogP contribution in [-0.2, 0) is 15.4 Å². The maximum atomic E-state index is 12.2. The van der Waals surface area contributed by atoms with Crippen LogP contribution in [0.4, 0.5) is 0 Å². The minimum absolute atomic E-state index is 0.315. The fourth-order valence-electron chi connectivity index (χ4n) is 4.80. The zero-order valence-corrected chi connectivity index (χ0v) is 22.4. The van der Waals surface area contributed by atoms with Crippen molar-refractivity contribution in [3.63, 3.8) is 0 Å². The third-order valence-corrected chi connectivity index (χ3v) is 8.98. The molecule has 0 radical (unpaired) electrons. The van der Waals surface area contributed by atoms with Crippen LogP contribution < -0.4 is 4.74 Å². The Hall–Kier alpha value is -3.09. The molecule has 1 N–H and O–H groups in total. The lowest BCUT2D eigenvalue weighted by atomic mass is 9.73. The number of fused-ring (bicyclic) bond motifs is 1. The number of benzene rings is 3. The largest absolute Gasteiger partial charge is 0.464 e. The van der Waals surface area contributed by atoms with E-state index in [1.54, 1.807) is 18.2 Å². The van der Waals surface area contributed by atoms with Gasteiger partial charge in [-0.2, -0.15) is 10.2 Å². The van der Waals surface area contributed by atoms with Gasteiger partial charge in [-0.1, -0.05) is 59.6 Å². The van der Waals surface area contributed by atoms with Crippen LogP contribution in [0.25, 0.3) is 22.2 Å². The number of nitrogens with zero attached hydrogens (tertiary/aromatic N) is 3. The van der Waals surface area contributed by atoms with Gasteiger partial charge in [0.25, 0.3) is 6.01 Å². The molecule has 37 heavy (non-hydrogen) atoms. The minimum Gasteiger partial charge on any atom is -0.464 e. The van der Waals surface area contributed by atoms with Crippen LogP contribution in [0, 0.1) is 11.3 Å². The standard InChI is InChI=1S/C27H24Cl2N4O3S/c1-37(34,35)33-11-9-27(10-12-33,17-36-26-31-24-14-22(28)23(29)15-25(24)32-26)21-7-5-19(6-8-21)20-4-2-3-18(13-20)16-30/h2-8,13-15H,9-12,17H2,1H3,(H,31,32). The second-order valence-electron chi connectivity index (χ2n) is 9.33. The van der Waals surface area contributed by atoms with Crippen molar-refractivity contribution in [2.24, 2.45) is 0 Å². The summed E-state index contributed by atoms with van der Waals surface area (Å²) in [5.74, 6) is 0. The van der Waals surface area contributed by atoms with E-state index in [2.05, 4.69) is 28.2 Å². The van der Waals surface area contributed by atoms with E-state index in [-0.39, 0.29) is 0 Å². The molecule has 0 saturated carbocycles. The summed E-state index contributed by atoms with van der Waals surface area (Å²) < 4.78 is 32.0. The summed E-state index contributed by atoms with van der Waals surface area (Å²) in [7, 11) is -3.28. The van der Waals surface area contributed by atoms with E-state index in [0.717, 1.165) is 16.7 Å². The Morgan fingerprint density at radius 3 is 2.43 bits per heavy atom. The summed E-state index contributed by atoms with van der Waals surface area (Å²) in [6, 6.07) is 21.6. The number of H-pyrrole nitrogens is 1. The first-order chi connectivity index (χ1) is 17.7. The van der Waals surface area contributed by atoms with Crippen molar-refractivity contribution in [2.75, 3.05) is 26.0 Å². The molecule has 1 fully saturated rings. The summed E-state index contributed by atoms with van der Waals surface area (Å²) in [5.41, 5.74) is 4.57. The topological polar surface area (TPSA) is 99.1 Å². The molecule has 2 heterocycles. The molecule has 0 amide bonds. The van der Waals surface area contributed by atoms with Crippen molar-refractivity contribution >= 4 is 44.3 Å². The lowest BCUT2D eigenvalue weighted by molar-refractivity contribution is 0.142. The first-order valence-corrected chi connectivity index (χ1v) is 14.3. The molecule has 0 aliphatic carbocycles. The molecule has 4 aromatic rings. The minimum atomic E-state index is -3.28. The van der Waals surface area contributed by atoms with E-state index in [9.17, 15) is 13.7 Å². The quantitative estimate of drug-likeness (QED) is 0.325. The number of imidazole rings is 1. The number of piperidine rings is 1. The van der Waals surface area contributed by atoms with Crippen LogP contribution in [0.3, 0.4) is 0 Å². The number of rotatable bonds is 6. The first kappa shape index (κ1) is 25.6. The van der Waals surface area contributed by atoms with Crippen LogP contribution in [-0.4, -0.2) is 48.6 Å². The van der Waals surface area contributed by atoms with Crippen LogP contribution in [0.15, 0.2) is 60.7 Å². The number of halogens is 2. The average molecular weight is 555 g/mol. The third-order valence-electron chi connectivity index (χ3n) is 6.96. The molecule has 0 unspecified atom stereocenters. The normalized spacial score (nSPS) is 15.9. The first-order valence-electron chi connectivity index (χ1n) is 11.7. The highest BCUT2D eigenvalue weighted by atomic mass is 35.5. The van der Waals surface area contributed by atoms with E-state index in [0.29, 0.717) is 65.2 Å². The average Bonchev–Trinajstić information content (AvgIpc) is 3.29. The zero-order chi connectivity index (χ0) is 26.2. The molecule has 10 heteroatoms. The second kappa shape index (κ2) is 9.99. The van der Waals surface area contributed by atoms with Crippen molar-refractivity contribution in [3.05, 3.63) is 81.8 Å². The van der Waals surface area contributed by atoms with E-state index in [1.807, 2.05) is 30.3 Å². The van der Waals surface area contributed by atoms with Gasteiger partial charge in [-0.25, -0.2) is 12.7 Å². The highest BCUT2D eigenvalue weighted by molar-refractivity contribution is 7.88. The van der Waals surface area contributed by atoms with Gasteiger partial charge in [0.1, 0.15) is 6.61 Å². The van der Waals surface area contributed by atoms with Crippen LogP contribution >= 0.6 is 23.2 Å². The summed E-state index contributed by atoms with van der Waals surface area (Å²) in [4.78, 5) is 7.63. The molecule has 1 saturated heterocycles. The SMILES string of the molecule is CS(=O)(=O)N1CCC(COc2nc3cc(Cl)c(Cl)cc3[nH]2)(c2ccc(-c3cccc(C#N)c3)cc2)CC1. The maximum absolute atomic E-state index is 12.2. The molecule has 0 bridgehead atoms. The molecule has 5 rings (SSSR count). The number of nitriles is 1. The van der Waals surface area contributed by atoms with Crippen LogP contribution in [0.2, 0.25) is 10.0 Å². The number of aromatic amines is 1. The maximum Gasteiger partial charge on any atom is 0.294 e. The molecular weight excluding hydrogens is 531 g/mol. The number of hydrogen-bond acceptors (Lipinski definition) is 5. The predicted octanol–water partition coefficient (Wildman–Crippen LogP) is 5.78. The van der Waals surface area contributed by atoms with E-state index < -0.39 is 15.4 Å². The number of aromatic nitrogens is 2. The van der Waals surface area contributed by atoms with Gasteiger partial charge in [0.15, 0.2) is 0 Å². The Bertz CT molecular complexity index is 1560. The van der Waals surface area contributed by atoms with Gasteiger partial charge in [0.05, 0.1) is 39.0 Å². The second-order valence-corrected chi connectivity index (χ2v) is 12.1. The van der Waals surface area contributed by atoms with Crippen molar-refractivity contribution in [1.29, 1.82) is 5.26 Å². The number of nitrogens with one attached hydrogen (secondary N) is 1. The van der Waals surface area contributed by atoms with E-state index in [1.165, 1.54) is 10.6 Å². The summed E-state index contributed by atoms with van der Waals surface area (Å²) in [5, 5.41) is 10.1. The molecule has 190 valence electrons. The molecule has 1 aliphatic rings. The number of ether oxygens (including phenoxy) is 1. The molecular formula is C27H24Cl2N4O3S. The lowest BCUT2D eigenvalue weighted by Gasteiger charge is -2.41. The Morgan fingerprint density at radius 1 is 1.05 bits per heavy atom. The molecule has 1 aromatic heterocycles.